The van der Waals surface area contributed by atoms with Gasteiger partial charge in [0.15, 0.2) is 0 Å². The number of nitrogens with one attached hydrogen (secondary N) is 1. The molecule has 2 atom stereocenters. The van der Waals surface area contributed by atoms with Crippen molar-refractivity contribution < 1.29 is 4.74 Å². The van der Waals surface area contributed by atoms with Gasteiger partial charge in [-0.25, -0.2) is 0 Å². The first kappa shape index (κ1) is 12.3. The second-order valence-corrected chi connectivity index (χ2v) is 5.44. The fourth-order valence-electron chi connectivity index (χ4n) is 3.22. The molecule has 1 N–H and O–H groups in total. The van der Waals surface area contributed by atoms with Crippen molar-refractivity contribution in [3.8, 4) is 0 Å². The van der Waals surface area contributed by atoms with Crippen molar-refractivity contribution >= 4 is 0 Å². The maximum atomic E-state index is 5.16. The Morgan fingerprint density at radius 1 is 1.31 bits per heavy atom. The van der Waals surface area contributed by atoms with Gasteiger partial charge in [-0.3, -0.25) is 4.90 Å². The second-order valence-electron chi connectivity index (χ2n) is 5.44. The van der Waals surface area contributed by atoms with Crippen LogP contribution in [0.15, 0.2) is 0 Å². The van der Waals surface area contributed by atoms with Gasteiger partial charge in [-0.15, -0.1) is 0 Å². The van der Waals surface area contributed by atoms with Crippen LogP contribution in [-0.4, -0.2) is 49.8 Å². The highest BCUT2D eigenvalue weighted by Crippen LogP contribution is 2.26. The van der Waals surface area contributed by atoms with E-state index in [9.17, 15) is 0 Å². The molecule has 3 heteroatoms. The van der Waals surface area contributed by atoms with Gasteiger partial charge in [0.2, 0.25) is 0 Å². The highest BCUT2D eigenvalue weighted by molar-refractivity contribution is 4.88. The van der Waals surface area contributed by atoms with Crippen LogP contribution in [0.2, 0.25) is 0 Å². The Morgan fingerprint density at radius 3 is 2.75 bits per heavy atom. The first-order valence-corrected chi connectivity index (χ1v) is 6.78. The van der Waals surface area contributed by atoms with Crippen molar-refractivity contribution in [2.45, 2.75) is 57.2 Å². The van der Waals surface area contributed by atoms with Crippen LogP contribution in [0.25, 0.3) is 0 Å². The summed E-state index contributed by atoms with van der Waals surface area (Å²) in [6, 6.07) is 2.06. The number of methoxy groups -OCH3 is 1. The lowest BCUT2D eigenvalue weighted by Crippen LogP contribution is -2.41. The molecule has 0 radical (unpaired) electrons. The van der Waals surface area contributed by atoms with Gasteiger partial charge in [-0.1, -0.05) is 12.8 Å². The standard InChI is InChI=1S/C13H26N2O/c1-11(10-16-2)14-12-7-8-15(9-12)13-5-3-4-6-13/h11-14H,3-10H2,1-2H3. The molecule has 1 saturated heterocycles. The van der Waals surface area contributed by atoms with Gasteiger partial charge >= 0.3 is 0 Å². The van der Waals surface area contributed by atoms with Gasteiger partial charge in [-0.2, -0.15) is 0 Å². The maximum absolute atomic E-state index is 5.16. The summed E-state index contributed by atoms with van der Waals surface area (Å²) in [6.07, 6.45) is 7.06. The van der Waals surface area contributed by atoms with Crippen LogP contribution in [0.5, 0.6) is 0 Å². The largest absolute Gasteiger partial charge is 0.383 e. The van der Waals surface area contributed by atoms with E-state index in [2.05, 4.69) is 17.1 Å². The van der Waals surface area contributed by atoms with Crippen molar-refractivity contribution in [2.24, 2.45) is 0 Å². The molecule has 16 heavy (non-hydrogen) atoms. The van der Waals surface area contributed by atoms with E-state index in [1.807, 2.05) is 0 Å². The van der Waals surface area contributed by atoms with Crippen LogP contribution in [0.3, 0.4) is 0 Å². The summed E-state index contributed by atoms with van der Waals surface area (Å²) in [6.45, 7) is 5.57. The number of ether oxygens (including phenoxy) is 1. The number of nitrogens with zero attached hydrogens (tertiary/aromatic N) is 1. The van der Waals surface area contributed by atoms with Gasteiger partial charge in [-0.05, 0) is 26.2 Å². The molecule has 94 valence electrons. The van der Waals surface area contributed by atoms with E-state index >= 15 is 0 Å². The Morgan fingerprint density at radius 2 is 2.06 bits per heavy atom. The molecule has 2 rings (SSSR count). The average Bonchev–Trinajstić information content (AvgIpc) is 2.86. The molecule has 1 aliphatic heterocycles. The monoisotopic (exact) mass is 226 g/mol. The predicted octanol–water partition coefficient (Wildman–Crippen LogP) is 1.63. The summed E-state index contributed by atoms with van der Waals surface area (Å²) < 4.78 is 5.16. The van der Waals surface area contributed by atoms with Crippen molar-refractivity contribution in [1.29, 1.82) is 0 Å². The molecule has 3 nitrogen and oxygen atoms in total. The van der Waals surface area contributed by atoms with E-state index in [-0.39, 0.29) is 0 Å². The molecule has 1 saturated carbocycles. The molecule has 0 amide bonds. The zero-order chi connectivity index (χ0) is 11.4. The van der Waals surface area contributed by atoms with E-state index in [1.165, 1.54) is 45.2 Å². The quantitative estimate of drug-likeness (QED) is 0.771. The molecule has 0 aromatic rings. The maximum Gasteiger partial charge on any atom is 0.0613 e. The highest BCUT2D eigenvalue weighted by atomic mass is 16.5. The molecule has 0 aromatic heterocycles. The van der Waals surface area contributed by atoms with E-state index < -0.39 is 0 Å². The third-order valence-corrected chi connectivity index (χ3v) is 4.00. The van der Waals surface area contributed by atoms with Crippen LogP contribution in [-0.2, 0) is 4.74 Å². The van der Waals surface area contributed by atoms with Crippen LogP contribution >= 0.6 is 0 Å². The normalized spacial score (nSPS) is 30.0. The zero-order valence-corrected chi connectivity index (χ0v) is 10.7. The number of likely N-dealkylation sites (tertiary alicyclic amines) is 1. The van der Waals surface area contributed by atoms with E-state index in [0.717, 1.165) is 12.6 Å². The van der Waals surface area contributed by atoms with E-state index in [4.69, 9.17) is 4.74 Å². The first-order valence-electron chi connectivity index (χ1n) is 6.78. The summed E-state index contributed by atoms with van der Waals surface area (Å²) in [5, 5.41) is 3.67. The van der Waals surface area contributed by atoms with E-state index in [1.54, 1.807) is 7.11 Å². The summed E-state index contributed by atoms with van der Waals surface area (Å²) in [4.78, 5) is 2.70. The first-order chi connectivity index (χ1) is 7.79. The van der Waals surface area contributed by atoms with Crippen molar-refractivity contribution in [3.05, 3.63) is 0 Å². The molecule has 2 fully saturated rings. The predicted molar refractivity (Wildman–Crippen MR) is 66.7 cm³/mol. The smallest absolute Gasteiger partial charge is 0.0613 e. The lowest BCUT2D eigenvalue weighted by Gasteiger charge is -2.24. The fourth-order valence-corrected chi connectivity index (χ4v) is 3.22. The fraction of sp³-hybridized carbons (Fsp3) is 1.00. The average molecular weight is 226 g/mol. The molecular formula is C13H26N2O. The Kier molecular flexibility index (Phi) is 4.62. The summed E-state index contributed by atoms with van der Waals surface area (Å²) >= 11 is 0. The van der Waals surface area contributed by atoms with E-state index in [0.29, 0.717) is 12.1 Å². The van der Waals surface area contributed by atoms with Crippen molar-refractivity contribution in [2.75, 3.05) is 26.8 Å². The Hall–Kier alpha value is -0.120. The minimum atomic E-state index is 0.485. The van der Waals surface area contributed by atoms with Crippen LogP contribution in [0, 0.1) is 0 Å². The Balaban J connectivity index is 1.70. The molecule has 0 spiro atoms. The van der Waals surface area contributed by atoms with Crippen LogP contribution in [0.4, 0.5) is 0 Å². The molecule has 1 heterocycles. The molecular weight excluding hydrogens is 200 g/mol. The SMILES string of the molecule is COCC(C)NC1CCN(C2CCCC2)C1. The number of rotatable bonds is 5. The van der Waals surface area contributed by atoms with Crippen LogP contribution < -0.4 is 5.32 Å². The summed E-state index contributed by atoms with van der Waals surface area (Å²) in [5.74, 6) is 0. The summed E-state index contributed by atoms with van der Waals surface area (Å²) in [7, 11) is 1.78. The van der Waals surface area contributed by atoms with Crippen LogP contribution in [0.1, 0.15) is 39.0 Å². The second kappa shape index (κ2) is 5.99. The molecule has 2 unspecified atom stereocenters. The van der Waals surface area contributed by atoms with Gasteiger partial charge in [0.25, 0.3) is 0 Å². The van der Waals surface area contributed by atoms with Gasteiger partial charge < -0.3 is 10.1 Å². The number of hydrogen-bond acceptors (Lipinski definition) is 3. The minimum Gasteiger partial charge on any atom is -0.383 e. The summed E-state index contributed by atoms with van der Waals surface area (Å²) in [5.41, 5.74) is 0. The lowest BCUT2D eigenvalue weighted by atomic mass is 10.2. The lowest BCUT2D eigenvalue weighted by molar-refractivity contribution is 0.165. The minimum absolute atomic E-state index is 0.485. The third kappa shape index (κ3) is 3.19. The van der Waals surface area contributed by atoms with Gasteiger partial charge in [0, 0.05) is 38.3 Å². The van der Waals surface area contributed by atoms with Crippen molar-refractivity contribution in [1.82, 2.24) is 10.2 Å². The molecule has 0 aromatic carbocycles. The van der Waals surface area contributed by atoms with Crippen molar-refractivity contribution in [3.63, 3.8) is 0 Å². The third-order valence-electron chi connectivity index (χ3n) is 4.00. The molecule has 0 bridgehead atoms. The highest BCUT2D eigenvalue weighted by Gasteiger charge is 2.30. The van der Waals surface area contributed by atoms with Gasteiger partial charge in [0.1, 0.15) is 0 Å². The molecule has 1 aliphatic carbocycles. The Labute approximate surface area is 99.5 Å². The Bertz CT molecular complexity index is 204. The molecule has 2 aliphatic rings. The number of hydrogen-bond donors (Lipinski definition) is 1. The topological polar surface area (TPSA) is 24.5 Å². The zero-order valence-electron chi connectivity index (χ0n) is 10.7. The van der Waals surface area contributed by atoms with Gasteiger partial charge in [0.05, 0.1) is 6.61 Å².